The number of hydrogen-bond acceptors (Lipinski definition) is 2. The number of benzene rings is 2. The van der Waals surface area contributed by atoms with Gasteiger partial charge in [0.1, 0.15) is 5.75 Å². The van der Waals surface area contributed by atoms with E-state index in [1.165, 1.54) is 37.7 Å². The number of hydrogen-bond donors (Lipinski definition) is 0. The van der Waals surface area contributed by atoms with Crippen LogP contribution in [0, 0.1) is 12.8 Å². The maximum absolute atomic E-state index is 12.2. The Labute approximate surface area is 138 Å². The predicted octanol–water partition coefficient (Wildman–Crippen LogP) is 5.54. The maximum Gasteiger partial charge on any atom is 0.311 e. The molecule has 0 atom stereocenters. The van der Waals surface area contributed by atoms with Gasteiger partial charge in [-0.2, -0.15) is 0 Å². The highest BCUT2D eigenvalue weighted by molar-refractivity contribution is 5.74. The fourth-order valence-electron chi connectivity index (χ4n) is 3.36. The minimum Gasteiger partial charge on any atom is -0.426 e. The summed E-state index contributed by atoms with van der Waals surface area (Å²) in [6.07, 6.45) is 6.69. The molecule has 0 aromatic heterocycles. The standard InChI is InChI=1S/C21H24O2/c1-16-7-5-10-18(13-16)19-11-6-12-20(15-19)23-21(22)14-17-8-3-2-4-9-17/h5-7,10-13,15,17H,2-4,8-9,14H2,1H3. The minimum absolute atomic E-state index is 0.0988. The molecule has 0 heterocycles. The molecule has 0 amide bonds. The summed E-state index contributed by atoms with van der Waals surface area (Å²) in [6.45, 7) is 2.08. The zero-order valence-corrected chi connectivity index (χ0v) is 13.8. The smallest absolute Gasteiger partial charge is 0.311 e. The third-order valence-electron chi connectivity index (χ3n) is 4.60. The van der Waals surface area contributed by atoms with E-state index in [4.69, 9.17) is 4.74 Å². The number of aryl methyl sites for hydroxylation is 1. The number of carbonyl (C=O) groups excluding carboxylic acids is 1. The molecule has 1 saturated carbocycles. The van der Waals surface area contributed by atoms with Crippen molar-refractivity contribution in [2.75, 3.05) is 0 Å². The molecule has 3 rings (SSSR count). The summed E-state index contributed by atoms with van der Waals surface area (Å²) in [4.78, 5) is 12.2. The van der Waals surface area contributed by atoms with E-state index in [9.17, 15) is 4.79 Å². The van der Waals surface area contributed by atoms with E-state index in [1.807, 2.05) is 30.3 Å². The van der Waals surface area contributed by atoms with Gasteiger partial charge in [0.25, 0.3) is 0 Å². The third kappa shape index (κ3) is 4.44. The largest absolute Gasteiger partial charge is 0.426 e. The van der Waals surface area contributed by atoms with Crippen molar-refractivity contribution in [1.29, 1.82) is 0 Å². The van der Waals surface area contributed by atoms with Gasteiger partial charge in [0.05, 0.1) is 0 Å². The molecule has 0 unspecified atom stereocenters. The highest BCUT2D eigenvalue weighted by Gasteiger charge is 2.18. The highest BCUT2D eigenvalue weighted by Crippen LogP contribution is 2.28. The zero-order chi connectivity index (χ0) is 16.1. The third-order valence-corrected chi connectivity index (χ3v) is 4.60. The van der Waals surface area contributed by atoms with Crippen molar-refractivity contribution in [3.05, 3.63) is 54.1 Å². The van der Waals surface area contributed by atoms with Crippen molar-refractivity contribution in [2.45, 2.75) is 45.4 Å². The lowest BCUT2D eigenvalue weighted by molar-refractivity contribution is -0.135. The molecule has 2 nitrogen and oxygen atoms in total. The van der Waals surface area contributed by atoms with Gasteiger partial charge in [-0.3, -0.25) is 4.79 Å². The lowest BCUT2D eigenvalue weighted by atomic mass is 9.87. The predicted molar refractivity (Wildman–Crippen MR) is 93.4 cm³/mol. The molecule has 0 bridgehead atoms. The van der Waals surface area contributed by atoms with Crippen LogP contribution in [0.2, 0.25) is 0 Å². The van der Waals surface area contributed by atoms with Gasteiger partial charge in [0.2, 0.25) is 0 Å². The second-order valence-corrected chi connectivity index (χ2v) is 6.58. The lowest BCUT2D eigenvalue weighted by Crippen LogP contribution is -2.16. The Morgan fingerprint density at radius 1 is 1.00 bits per heavy atom. The van der Waals surface area contributed by atoms with Gasteiger partial charge in [0.15, 0.2) is 0 Å². The van der Waals surface area contributed by atoms with Crippen LogP contribution in [-0.4, -0.2) is 5.97 Å². The Hall–Kier alpha value is -2.09. The molecule has 2 aromatic rings. The molecular formula is C21H24O2. The van der Waals surface area contributed by atoms with Gasteiger partial charge in [-0.05, 0) is 48.9 Å². The first-order chi connectivity index (χ1) is 11.2. The Morgan fingerprint density at radius 2 is 1.70 bits per heavy atom. The normalized spacial score (nSPS) is 15.3. The van der Waals surface area contributed by atoms with Crippen molar-refractivity contribution in [2.24, 2.45) is 5.92 Å². The first kappa shape index (κ1) is 15.8. The molecule has 1 aliphatic carbocycles. The van der Waals surface area contributed by atoms with Crippen molar-refractivity contribution in [1.82, 2.24) is 0 Å². The van der Waals surface area contributed by atoms with Gasteiger partial charge < -0.3 is 4.74 Å². The van der Waals surface area contributed by atoms with Gasteiger partial charge in [-0.15, -0.1) is 0 Å². The molecule has 2 aromatic carbocycles. The van der Waals surface area contributed by atoms with Crippen LogP contribution in [0.3, 0.4) is 0 Å². The SMILES string of the molecule is Cc1cccc(-c2cccc(OC(=O)CC3CCCCC3)c2)c1. The minimum atomic E-state index is -0.0988. The van der Waals surface area contributed by atoms with Gasteiger partial charge >= 0.3 is 5.97 Å². The van der Waals surface area contributed by atoms with Crippen molar-refractivity contribution in [3.63, 3.8) is 0 Å². The van der Waals surface area contributed by atoms with Crippen LogP contribution in [0.1, 0.15) is 44.1 Å². The number of esters is 1. The molecule has 1 fully saturated rings. The van der Waals surface area contributed by atoms with Gasteiger partial charge in [-0.25, -0.2) is 0 Å². The first-order valence-electron chi connectivity index (χ1n) is 8.58. The summed E-state index contributed by atoms with van der Waals surface area (Å²) in [5.74, 6) is 1.05. The van der Waals surface area contributed by atoms with E-state index in [2.05, 4.69) is 25.1 Å². The summed E-state index contributed by atoms with van der Waals surface area (Å²) in [5.41, 5.74) is 3.45. The van der Waals surface area contributed by atoms with Crippen LogP contribution >= 0.6 is 0 Å². The molecule has 0 radical (unpaired) electrons. The molecular weight excluding hydrogens is 284 g/mol. The molecule has 0 spiro atoms. The topological polar surface area (TPSA) is 26.3 Å². The summed E-state index contributed by atoms with van der Waals surface area (Å²) in [7, 11) is 0. The van der Waals surface area contributed by atoms with Crippen LogP contribution in [0.25, 0.3) is 11.1 Å². The summed E-state index contributed by atoms with van der Waals surface area (Å²) >= 11 is 0. The summed E-state index contributed by atoms with van der Waals surface area (Å²) in [6, 6.07) is 16.2. The second-order valence-electron chi connectivity index (χ2n) is 6.58. The monoisotopic (exact) mass is 308 g/mol. The number of ether oxygens (including phenoxy) is 1. The quantitative estimate of drug-likeness (QED) is 0.547. The van der Waals surface area contributed by atoms with E-state index < -0.39 is 0 Å². The maximum atomic E-state index is 12.2. The molecule has 120 valence electrons. The molecule has 23 heavy (non-hydrogen) atoms. The van der Waals surface area contributed by atoms with Crippen LogP contribution in [0.4, 0.5) is 0 Å². The van der Waals surface area contributed by atoms with E-state index >= 15 is 0 Å². The fourth-order valence-corrected chi connectivity index (χ4v) is 3.36. The van der Waals surface area contributed by atoms with E-state index in [0.717, 1.165) is 11.1 Å². The van der Waals surface area contributed by atoms with Crippen LogP contribution in [0.15, 0.2) is 48.5 Å². The Kier molecular flexibility index (Phi) is 5.12. The summed E-state index contributed by atoms with van der Waals surface area (Å²) < 4.78 is 5.57. The Morgan fingerprint density at radius 3 is 2.43 bits per heavy atom. The van der Waals surface area contributed by atoms with Crippen LogP contribution in [0.5, 0.6) is 5.75 Å². The molecule has 0 saturated heterocycles. The van der Waals surface area contributed by atoms with E-state index in [1.54, 1.807) is 0 Å². The van der Waals surface area contributed by atoms with Crippen molar-refractivity contribution >= 4 is 5.97 Å². The van der Waals surface area contributed by atoms with E-state index in [-0.39, 0.29) is 5.97 Å². The molecule has 1 aliphatic rings. The summed E-state index contributed by atoms with van der Waals surface area (Å²) in [5, 5.41) is 0. The Balaban J connectivity index is 1.66. The highest BCUT2D eigenvalue weighted by atomic mass is 16.5. The van der Waals surface area contributed by atoms with Crippen LogP contribution in [-0.2, 0) is 4.79 Å². The molecule has 0 aliphatic heterocycles. The lowest BCUT2D eigenvalue weighted by Gasteiger charge is -2.20. The average molecular weight is 308 g/mol. The van der Waals surface area contributed by atoms with Crippen molar-refractivity contribution < 1.29 is 9.53 Å². The zero-order valence-electron chi connectivity index (χ0n) is 13.8. The molecule has 2 heteroatoms. The van der Waals surface area contributed by atoms with Crippen LogP contribution < -0.4 is 4.74 Å². The van der Waals surface area contributed by atoms with Gasteiger partial charge in [0, 0.05) is 6.42 Å². The second kappa shape index (κ2) is 7.45. The van der Waals surface area contributed by atoms with Gasteiger partial charge in [-0.1, -0.05) is 61.2 Å². The molecule has 0 N–H and O–H groups in total. The van der Waals surface area contributed by atoms with Crippen molar-refractivity contribution in [3.8, 4) is 16.9 Å². The first-order valence-corrected chi connectivity index (χ1v) is 8.58. The fraction of sp³-hybridized carbons (Fsp3) is 0.381. The Bertz CT molecular complexity index is 669. The van der Waals surface area contributed by atoms with E-state index in [0.29, 0.717) is 18.1 Å². The average Bonchev–Trinajstić information content (AvgIpc) is 2.56. The number of rotatable bonds is 4. The number of carbonyl (C=O) groups is 1.